The first-order valence-corrected chi connectivity index (χ1v) is 7.65. The van der Waals surface area contributed by atoms with Crippen LogP contribution in [0.5, 0.6) is 5.75 Å². The average Bonchev–Trinajstić information content (AvgIpc) is 2.61. The van der Waals surface area contributed by atoms with Gasteiger partial charge >= 0.3 is 5.97 Å². The van der Waals surface area contributed by atoms with Gasteiger partial charge in [-0.3, -0.25) is 4.79 Å². The van der Waals surface area contributed by atoms with Gasteiger partial charge in [-0.05, 0) is 30.5 Å². The Labute approximate surface area is 140 Å². The third kappa shape index (κ3) is 4.24. The van der Waals surface area contributed by atoms with Gasteiger partial charge in [0.05, 0.1) is 6.07 Å². The number of nitrogens with zero attached hydrogens (tertiary/aromatic N) is 2. The summed E-state index contributed by atoms with van der Waals surface area (Å²) >= 11 is 0. The van der Waals surface area contributed by atoms with Crippen molar-refractivity contribution in [2.24, 2.45) is 5.41 Å². The van der Waals surface area contributed by atoms with Gasteiger partial charge < -0.3 is 19.5 Å². The summed E-state index contributed by atoms with van der Waals surface area (Å²) in [5.41, 5.74) is -0.133. The van der Waals surface area contributed by atoms with E-state index in [9.17, 15) is 14.9 Å². The maximum atomic E-state index is 12.7. The molecule has 1 saturated heterocycles. The van der Waals surface area contributed by atoms with Crippen LogP contribution in [0.25, 0.3) is 0 Å². The van der Waals surface area contributed by atoms with Gasteiger partial charge in [0.2, 0.25) is 5.91 Å². The maximum absolute atomic E-state index is 12.7. The third-order valence-electron chi connectivity index (χ3n) is 4.02. The molecule has 0 atom stereocenters. The van der Waals surface area contributed by atoms with Gasteiger partial charge in [0.1, 0.15) is 11.2 Å². The molecule has 0 saturated carbocycles. The SMILES string of the molecule is CN(Cc1ccc(OCC(=O)O)cc1)C(=O)C1(C#N)CCOCC1. The molecule has 1 aliphatic heterocycles. The fourth-order valence-electron chi connectivity index (χ4n) is 2.64. The van der Waals surface area contributed by atoms with Crippen LogP contribution in [0.15, 0.2) is 24.3 Å². The lowest BCUT2D eigenvalue weighted by atomic mass is 9.80. The molecule has 0 bridgehead atoms. The summed E-state index contributed by atoms with van der Waals surface area (Å²) in [6, 6.07) is 9.02. The molecule has 1 aromatic carbocycles. The summed E-state index contributed by atoms with van der Waals surface area (Å²) in [4.78, 5) is 24.7. The highest BCUT2D eigenvalue weighted by molar-refractivity contribution is 5.85. The van der Waals surface area contributed by atoms with Crippen LogP contribution in [0.3, 0.4) is 0 Å². The number of benzene rings is 1. The molecule has 1 fully saturated rings. The quantitative estimate of drug-likeness (QED) is 0.846. The van der Waals surface area contributed by atoms with E-state index in [1.807, 2.05) is 0 Å². The summed E-state index contributed by atoms with van der Waals surface area (Å²) in [5, 5.41) is 18.0. The molecule has 2 rings (SSSR count). The van der Waals surface area contributed by atoms with E-state index in [2.05, 4.69) is 6.07 Å². The molecule has 0 radical (unpaired) electrons. The highest BCUT2D eigenvalue weighted by Gasteiger charge is 2.42. The molecule has 1 heterocycles. The lowest BCUT2D eigenvalue weighted by Crippen LogP contribution is -2.44. The molecule has 7 heteroatoms. The second-order valence-electron chi connectivity index (χ2n) is 5.79. The third-order valence-corrected chi connectivity index (χ3v) is 4.02. The predicted molar refractivity (Wildman–Crippen MR) is 84.1 cm³/mol. The average molecular weight is 332 g/mol. The number of hydrogen-bond donors (Lipinski definition) is 1. The standard InChI is InChI=1S/C17H20N2O5/c1-19(16(22)17(12-18)6-8-23-9-7-17)10-13-2-4-14(5-3-13)24-11-15(20)21/h2-5H,6-11H2,1H3,(H,20,21). The van der Waals surface area contributed by atoms with Crippen molar-refractivity contribution in [3.05, 3.63) is 29.8 Å². The number of hydrogen-bond acceptors (Lipinski definition) is 5. The van der Waals surface area contributed by atoms with E-state index in [4.69, 9.17) is 14.6 Å². The smallest absolute Gasteiger partial charge is 0.341 e. The minimum absolute atomic E-state index is 0.195. The van der Waals surface area contributed by atoms with Gasteiger partial charge in [0.15, 0.2) is 6.61 Å². The Morgan fingerprint density at radius 2 is 1.96 bits per heavy atom. The summed E-state index contributed by atoms with van der Waals surface area (Å²) < 4.78 is 10.3. The van der Waals surface area contributed by atoms with Crippen molar-refractivity contribution in [2.45, 2.75) is 19.4 Å². The number of carboxylic acid groups (broad SMARTS) is 1. The number of carboxylic acids is 1. The monoisotopic (exact) mass is 332 g/mol. The van der Waals surface area contributed by atoms with Crippen LogP contribution < -0.4 is 4.74 Å². The van der Waals surface area contributed by atoms with Crippen LogP contribution in [0.4, 0.5) is 0 Å². The molecule has 0 unspecified atom stereocenters. The van der Waals surface area contributed by atoms with Crippen LogP contribution >= 0.6 is 0 Å². The zero-order chi connectivity index (χ0) is 17.6. The fourth-order valence-corrected chi connectivity index (χ4v) is 2.64. The zero-order valence-corrected chi connectivity index (χ0v) is 13.5. The number of carbonyl (C=O) groups excluding carboxylic acids is 1. The maximum Gasteiger partial charge on any atom is 0.341 e. The Hall–Kier alpha value is -2.59. The molecule has 1 N–H and O–H groups in total. The van der Waals surface area contributed by atoms with E-state index in [0.717, 1.165) is 5.56 Å². The van der Waals surface area contributed by atoms with Gasteiger partial charge in [0.25, 0.3) is 0 Å². The highest BCUT2D eigenvalue weighted by Crippen LogP contribution is 2.32. The van der Waals surface area contributed by atoms with Gasteiger partial charge in [-0.25, -0.2) is 4.79 Å². The second kappa shape index (κ2) is 7.79. The highest BCUT2D eigenvalue weighted by atomic mass is 16.5. The first kappa shape index (κ1) is 17.8. The molecule has 128 valence electrons. The van der Waals surface area contributed by atoms with Crippen molar-refractivity contribution in [1.82, 2.24) is 4.90 Å². The summed E-state index contributed by atoms with van der Waals surface area (Å²) in [6.07, 6.45) is 0.823. The normalized spacial score (nSPS) is 16.0. The lowest BCUT2D eigenvalue weighted by molar-refractivity contribution is -0.142. The largest absolute Gasteiger partial charge is 0.482 e. The summed E-state index contributed by atoms with van der Waals surface area (Å²) in [6.45, 7) is 0.804. The van der Waals surface area contributed by atoms with Crippen LogP contribution in [0.1, 0.15) is 18.4 Å². The molecule has 1 amide bonds. The van der Waals surface area contributed by atoms with E-state index >= 15 is 0 Å². The zero-order valence-electron chi connectivity index (χ0n) is 13.5. The minimum atomic E-state index is -1.04. The van der Waals surface area contributed by atoms with Crippen LogP contribution in [-0.2, 0) is 20.9 Å². The van der Waals surface area contributed by atoms with Gasteiger partial charge in [-0.1, -0.05) is 12.1 Å². The van der Waals surface area contributed by atoms with Crippen molar-refractivity contribution in [3.63, 3.8) is 0 Å². The number of ether oxygens (including phenoxy) is 2. The van der Waals surface area contributed by atoms with Crippen molar-refractivity contribution >= 4 is 11.9 Å². The first-order chi connectivity index (χ1) is 11.5. The molecular weight excluding hydrogens is 312 g/mol. The molecule has 1 aliphatic rings. The Morgan fingerprint density at radius 3 is 2.50 bits per heavy atom. The Balaban J connectivity index is 1.98. The van der Waals surface area contributed by atoms with Crippen molar-refractivity contribution in [1.29, 1.82) is 5.26 Å². The molecule has 1 aromatic rings. The Bertz CT molecular complexity index is 629. The van der Waals surface area contributed by atoms with Crippen LogP contribution in [0.2, 0.25) is 0 Å². The lowest BCUT2D eigenvalue weighted by Gasteiger charge is -2.33. The molecule has 0 aliphatic carbocycles. The van der Waals surface area contributed by atoms with Crippen LogP contribution in [0, 0.1) is 16.7 Å². The number of carbonyl (C=O) groups is 2. The van der Waals surface area contributed by atoms with Gasteiger partial charge in [-0.15, -0.1) is 0 Å². The first-order valence-electron chi connectivity index (χ1n) is 7.65. The number of amides is 1. The van der Waals surface area contributed by atoms with E-state index in [1.165, 1.54) is 0 Å². The summed E-state index contributed by atoms with van der Waals surface area (Å²) in [5.74, 6) is -0.782. The van der Waals surface area contributed by atoms with E-state index < -0.39 is 18.0 Å². The predicted octanol–water partition coefficient (Wildman–Crippen LogP) is 1.43. The molecule has 0 aromatic heterocycles. The number of rotatable bonds is 6. The molecule has 0 spiro atoms. The van der Waals surface area contributed by atoms with Gasteiger partial charge in [-0.2, -0.15) is 5.26 Å². The van der Waals surface area contributed by atoms with Crippen molar-refractivity contribution in [3.8, 4) is 11.8 Å². The van der Waals surface area contributed by atoms with Crippen molar-refractivity contribution in [2.75, 3.05) is 26.9 Å². The summed E-state index contributed by atoms with van der Waals surface area (Å²) in [7, 11) is 1.67. The molecule has 24 heavy (non-hydrogen) atoms. The Morgan fingerprint density at radius 1 is 1.33 bits per heavy atom. The topological polar surface area (TPSA) is 99.9 Å². The second-order valence-corrected chi connectivity index (χ2v) is 5.79. The van der Waals surface area contributed by atoms with E-state index in [-0.39, 0.29) is 5.91 Å². The van der Waals surface area contributed by atoms with E-state index in [1.54, 1.807) is 36.2 Å². The minimum Gasteiger partial charge on any atom is -0.482 e. The fraction of sp³-hybridized carbons (Fsp3) is 0.471. The van der Waals surface area contributed by atoms with Crippen LogP contribution in [-0.4, -0.2) is 48.8 Å². The number of nitriles is 1. The molecule has 7 nitrogen and oxygen atoms in total. The molecular formula is C17H20N2O5. The van der Waals surface area contributed by atoms with E-state index in [0.29, 0.717) is 38.3 Å². The van der Waals surface area contributed by atoms with Gasteiger partial charge in [0, 0.05) is 26.8 Å². The number of aliphatic carboxylic acids is 1. The van der Waals surface area contributed by atoms with Crippen molar-refractivity contribution < 1.29 is 24.2 Å². The Kier molecular flexibility index (Phi) is 5.77.